The van der Waals surface area contributed by atoms with Gasteiger partial charge in [0.2, 0.25) is 0 Å². The number of benzene rings is 2. The summed E-state index contributed by atoms with van der Waals surface area (Å²) in [5.41, 5.74) is 7.26. The van der Waals surface area contributed by atoms with Gasteiger partial charge in [-0.3, -0.25) is 0 Å². The van der Waals surface area contributed by atoms with Crippen molar-refractivity contribution in [1.29, 1.82) is 0 Å². The van der Waals surface area contributed by atoms with Crippen LogP contribution in [0.2, 0.25) is 0 Å². The first-order valence-electron chi connectivity index (χ1n) is 9.12. The van der Waals surface area contributed by atoms with E-state index in [0.717, 1.165) is 37.3 Å². The van der Waals surface area contributed by atoms with Crippen molar-refractivity contribution in [3.8, 4) is 0 Å². The summed E-state index contributed by atoms with van der Waals surface area (Å²) in [6, 6.07) is 13.9. The maximum atomic E-state index is 14.2. The van der Waals surface area contributed by atoms with Gasteiger partial charge in [-0.15, -0.1) is 0 Å². The number of ether oxygens (including phenoxy) is 1. The van der Waals surface area contributed by atoms with Crippen LogP contribution in [-0.2, 0) is 10.2 Å². The number of halogens is 2. The van der Waals surface area contributed by atoms with Crippen LogP contribution >= 0.6 is 0 Å². The summed E-state index contributed by atoms with van der Waals surface area (Å²) in [6.45, 7) is 0.913. The van der Waals surface area contributed by atoms with Gasteiger partial charge in [0.1, 0.15) is 11.6 Å². The van der Waals surface area contributed by atoms with E-state index in [2.05, 4.69) is 0 Å². The van der Waals surface area contributed by atoms with E-state index in [1.54, 1.807) is 6.07 Å². The van der Waals surface area contributed by atoms with E-state index >= 15 is 0 Å². The molecule has 0 aromatic heterocycles. The van der Waals surface area contributed by atoms with E-state index in [4.69, 9.17) is 10.5 Å². The molecule has 0 radical (unpaired) electrons. The predicted molar refractivity (Wildman–Crippen MR) is 101 cm³/mol. The summed E-state index contributed by atoms with van der Waals surface area (Å²) >= 11 is 0. The van der Waals surface area contributed by atoms with Gasteiger partial charge in [-0.2, -0.15) is 0 Å². The normalized spacial score (nSPS) is 23.4. The van der Waals surface area contributed by atoms with Gasteiger partial charge >= 0.3 is 0 Å². The molecular formula is C22H25F2NO. The first-order chi connectivity index (χ1) is 12.6. The lowest BCUT2D eigenvalue weighted by molar-refractivity contribution is 0.0285. The topological polar surface area (TPSA) is 35.2 Å². The minimum atomic E-state index is -0.555. The molecule has 4 heteroatoms. The van der Waals surface area contributed by atoms with Crippen LogP contribution in [-0.4, -0.2) is 19.3 Å². The third-order valence-electron chi connectivity index (χ3n) is 5.32. The Balaban J connectivity index is 1.55. The molecule has 0 bridgehead atoms. The fraction of sp³-hybridized carbons (Fsp3) is 0.364. The van der Waals surface area contributed by atoms with E-state index in [9.17, 15) is 8.78 Å². The molecule has 0 spiro atoms. The smallest absolute Gasteiger partial charge is 0.129 e. The quantitative estimate of drug-likeness (QED) is 0.803. The van der Waals surface area contributed by atoms with Gasteiger partial charge in [-0.25, -0.2) is 8.78 Å². The molecule has 1 aliphatic rings. The second-order valence-corrected chi connectivity index (χ2v) is 6.95. The molecule has 138 valence electrons. The summed E-state index contributed by atoms with van der Waals surface area (Å²) in [5, 5.41) is 0. The van der Waals surface area contributed by atoms with Crippen LogP contribution in [0.4, 0.5) is 8.78 Å². The molecule has 0 saturated heterocycles. The standard InChI is InChI=1S/C22H25F2NO/c23-18-8-9-20(21(24)15-18)22(16-25)12-10-19(11-13-22)26-14-4-7-17-5-2-1-3-6-17/h1-9,15,19H,10-14,16,25H2/b7-4+. The Morgan fingerprint density at radius 3 is 2.46 bits per heavy atom. The van der Waals surface area contributed by atoms with E-state index in [0.29, 0.717) is 18.7 Å². The largest absolute Gasteiger partial charge is 0.374 e. The molecule has 0 atom stereocenters. The molecule has 26 heavy (non-hydrogen) atoms. The highest BCUT2D eigenvalue weighted by atomic mass is 19.1. The van der Waals surface area contributed by atoms with Gasteiger partial charge in [-0.05, 0) is 42.9 Å². The Labute approximate surface area is 153 Å². The Bertz CT molecular complexity index is 737. The maximum absolute atomic E-state index is 14.2. The van der Waals surface area contributed by atoms with Crippen LogP contribution in [0, 0.1) is 11.6 Å². The van der Waals surface area contributed by atoms with Crippen LogP contribution < -0.4 is 5.73 Å². The Morgan fingerprint density at radius 1 is 1.08 bits per heavy atom. The van der Waals surface area contributed by atoms with Crippen molar-refractivity contribution in [2.75, 3.05) is 13.2 Å². The summed E-state index contributed by atoms with van der Waals surface area (Å²) in [4.78, 5) is 0. The molecule has 2 aromatic rings. The van der Waals surface area contributed by atoms with Crippen molar-refractivity contribution < 1.29 is 13.5 Å². The summed E-state index contributed by atoms with van der Waals surface area (Å²) < 4.78 is 33.4. The molecule has 2 N–H and O–H groups in total. The van der Waals surface area contributed by atoms with Gasteiger partial charge in [0.15, 0.2) is 0 Å². The average molecular weight is 357 g/mol. The molecule has 0 heterocycles. The molecule has 0 aliphatic heterocycles. The zero-order valence-electron chi connectivity index (χ0n) is 14.8. The van der Waals surface area contributed by atoms with E-state index in [1.807, 2.05) is 42.5 Å². The fourth-order valence-corrected chi connectivity index (χ4v) is 3.75. The Hall–Kier alpha value is -2.04. The molecule has 1 fully saturated rings. The lowest BCUT2D eigenvalue weighted by atomic mass is 9.68. The number of rotatable bonds is 6. The minimum absolute atomic E-state index is 0.151. The molecule has 2 aromatic carbocycles. The van der Waals surface area contributed by atoms with E-state index < -0.39 is 17.0 Å². The van der Waals surface area contributed by atoms with Gasteiger partial charge in [0.05, 0.1) is 12.7 Å². The van der Waals surface area contributed by atoms with Crippen LogP contribution in [0.3, 0.4) is 0 Å². The van der Waals surface area contributed by atoms with Gasteiger partial charge < -0.3 is 10.5 Å². The third kappa shape index (κ3) is 4.37. The van der Waals surface area contributed by atoms with Crippen molar-refractivity contribution in [1.82, 2.24) is 0 Å². The van der Waals surface area contributed by atoms with Gasteiger partial charge in [0, 0.05) is 18.0 Å². The summed E-state index contributed by atoms with van der Waals surface area (Å²) in [6.07, 6.45) is 7.36. The van der Waals surface area contributed by atoms with Gasteiger partial charge in [0.25, 0.3) is 0 Å². The molecule has 0 unspecified atom stereocenters. The second kappa shape index (κ2) is 8.56. The zero-order chi connectivity index (χ0) is 18.4. The minimum Gasteiger partial charge on any atom is -0.374 e. The van der Waals surface area contributed by atoms with Crippen LogP contribution in [0.25, 0.3) is 6.08 Å². The van der Waals surface area contributed by atoms with Crippen molar-refractivity contribution >= 4 is 6.08 Å². The molecule has 0 amide bonds. The third-order valence-corrected chi connectivity index (χ3v) is 5.32. The van der Waals surface area contributed by atoms with Crippen molar-refractivity contribution in [2.45, 2.75) is 37.2 Å². The van der Waals surface area contributed by atoms with Crippen LogP contribution in [0.5, 0.6) is 0 Å². The highest BCUT2D eigenvalue weighted by molar-refractivity contribution is 5.48. The molecule has 3 rings (SSSR count). The first kappa shape index (κ1) is 18.7. The van der Waals surface area contributed by atoms with Crippen LogP contribution in [0.1, 0.15) is 36.8 Å². The highest BCUT2D eigenvalue weighted by Crippen LogP contribution is 2.40. The lowest BCUT2D eigenvalue weighted by Gasteiger charge is -2.40. The fourth-order valence-electron chi connectivity index (χ4n) is 3.75. The van der Waals surface area contributed by atoms with Crippen LogP contribution in [0.15, 0.2) is 54.6 Å². The highest BCUT2D eigenvalue weighted by Gasteiger charge is 2.37. The molecular weight excluding hydrogens is 332 g/mol. The SMILES string of the molecule is NCC1(c2ccc(F)cc2F)CCC(OC/C=C/c2ccccc2)CC1. The Morgan fingerprint density at radius 2 is 1.81 bits per heavy atom. The molecule has 2 nitrogen and oxygen atoms in total. The molecule has 1 aliphatic carbocycles. The number of hydrogen-bond acceptors (Lipinski definition) is 2. The van der Waals surface area contributed by atoms with Gasteiger partial charge in [-0.1, -0.05) is 48.6 Å². The number of hydrogen-bond donors (Lipinski definition) is 1. The monoisotopic (exact) mass is 357 g/mol. The predicted octanol–water partition coefficient (Wildman–Crippen LogP) is 4.83. The van der Waals surface area contributed by atoms with E-state index in [-0.39, 0.29) is 6.10 Å². The van der Waals surface area contributed by atoms with E-state index in [1.165, 1.54) is 6.07 Å². The maximum Gasteiger partial charge on any atom is 0.129 e. The Kier molecular flexibility index (Phi) is 6.17. The van der Waals surface area contributed by atoms with Crippen molar-refractivity contribution in [3.05, 3.63) is 77.4 Å². The average Bonchev–Trinajstić information content (AvgIpc) is 2.67. The summed E-state index contributed by atoms with van der Waals surface area (Å²) in [7, 11) is 0. The summed E-state index contributed by atoms with van der Waals surface area (Å²) in [5.74, 6) is -1.05. The molecule has 1 saturated carbocycles. The second-order valence-electron chi connectivity index (χ2n) is 6.95. The van der Waals surface area contributed by atoms with Crippen molar-refractivity contribution in [3.63, 3.8) is 0 Å². The first-order valence-corrected chi connectivity index (χ1v) is 9.12. The number of nitrogens with two attached hydrogens (primary N) is 1. The zero-order valence-corrected chi connectivity index (χ0v) is 14.8. The lowest BCUT2D eigenvalue weighted by Crippen LogP contribution is -2.41. The van der Waals surface area contributed by atoms with Crippen molar-refractivity contribution in [2.24, 2.45) is 5.73 Å².